The van der Waals surface area contributed by atoms with Crippen LogP contribution in [0.5, 0.6) is 0 Å². The fourth-order valence-corrected chi connectivity index (χ4v) is 4.05. The van der Waals surface area contributed by atoms with E-state index in [1.165, 1.54) is 0 Å². The molecule has 1 aliphatic heterocycles. The van der Waals surface area contributed by atoms with Crippen molar-refractivity contribution in [3.05, 3.63) is 28.6 Å². The van der Waals surface area contributed by atoms with E-state index in [0.717, 1.165) is 61.4 Å². The number of amides is 1. The number of methoxy groups -OCH3 is 1. The minimum atomic E-state index is -0.133. The van der Waals surface area contributed by atoms with Gasteiger partial charge in [0.15, 0.2) is 11.5 Å². The molecule has 5 rings (SSSR count). The zero-order valence-corrected chi connectivity index (χ0v) is 14.3. The van der Waals surface area contributed by atoms with Gasteiger partial charge in [-0.3, -0.25) is 15.0 Å². The van der Waals surface area contributed by atoms with Crippen molar-refractivity contribution in [3.8, 4) is 0 Å². The molecule has 0 spiro atoms. The van der Waals surface area contributed by atoms with Crippen LogP contribution in [0.3, 0.4) is 0 Å². The molecule has 8 nitrogen and oxygen atoms in total. The highest BCUT2D eigenvalue weighted by atomic mass is 16.5. The second-order valence-corrected chi connectivity index (χ2v) is 7.30. The van der Waals surface area contributed by atoms with Gasteiger partial charge in [0.2, 0.25) is 0 Å². The molecule has 0 bridgehead atoms. The highest BCUT2D eigenvalue weighted by Crippen LogP contribution is 2.39. The maximum atomic E-state index is 13.2. The molecule has 2 aliphatic carbocycles. The molecule has 0 radical (unpaired) electrons. The largest absolute Gasteiger partial charge is 0.380 e. The fourth-order valence-electron chi connectivity index (χ4n) is 4.05. The lowest BCUT2D eigenvalue weighted by molar-refractivity contribution is 0.0677. The zero-order chi connectivity index (χ0) is 17.0. The van der Waals surface area contributed by atoms with E-state index >= 15 is 0 Å². The lowest BCUT2D eigenvalue weighted by Gasteiger charge is -2.22. The zero-order valence-electron chi connectivity index (χ0n) is 14.3. The number of rotatable bonds is 4. The SMILES string of the molecule is CO[C@@H]1C[C@@H](c2nc(C3CC3)n[nH]2)N(C(=O)c2n[nH]c3c2CCC3)C1. The van der Waals surface area contributed by atoms with Crippen LogP contribution in [0.15, 0.2) is 0 Å². The Morgan fingerprint density at radius 1 is 1.24 bits per heavy atom. The second-order valence-electron chi connectivity index (χ2n) is 7.30. The van der Waals surface area contributed by atoms with Gasteiger partial charge < -0.3 is 9.64 Å². The number of nitrogens with zero attached hydrogens (tertiary/aromatic N) is 4. The van der Waals surface area contributed by atoms with E-state index < -0.39 is 0 Å². The van der Waals surface area contributed by atoms with E-state index in [1.807, 2.05) is 4.90 Å². The van der Waals surface area contributed by atoms with E-state index in [4.69, 9.17) is 4.74 Å². The van der Waals surface area contributed by atoms with Crippen molar-refractivity contribution >= 4 is 5.91 Å². The second kappa shape index (κ2) is 5.66. The first kappa shape index (κ1) is 15.1. The summed E-state index contributed by atoms with van der Waals surface area (Å²) in [4.78, 5) is 19.7. The van der Waals surface area contributed by atoms with Crippen LogP contribution < -0.4 is 0 Å². The Morgan fingerprint density at radius 2 is 2.12 bits per heavy atom. The Kier molecular flexibility index (Phi) is 3.41. The third kappa shape index (κ3) is 2.47. The summed E-state index contributed by atoms with van der Waals surface area (Å²) in [6.45, 7) is 0.557. The predicted molar refractivity (Wildman–Crippen MR) is 88.2 cm³/mol. The number of aromatic amines is 2. The van der Waals surface area contributed by atoms with Crippen LogP contribution in [-0.4, -0.2) is 55.9 Å². The highest BCUT2D eigenvalue weighted by molar-refractivity contribution is 5.94. The molecule has 3 heterocycles. The number of hydrogen-bond acceptors (Lipinski definition) is 5. The molecule has 2 aromatic heterocycles. The number of H-pyrrole nitrogens is 2. The van der Waals surface area contributed by atoms with Gasteiger partial charge in [0, 0.05) is 37.3 Å². The first-order valence-electron chi connectivity index (χ1n) is 9.06. The van der Waals surface area contributed by atoms with Crippen molar-refractivity contribution in [1.29, 1.82) is 0 Å². The van der Waals surface area contributed by atoms with Crippen LogP contribution in [-0.2, 0) is 17.6 Å². The van der Waals surface area contributed by atoms with Gasteiger partial charge in [-0.25, -0.2) is 4.98 Å². The van der Waals surface area contributed by atoms with Gasteiger partial charge in [-0.05, 0) is 32.1 Å². The van der Waals surface area contributed by atoms with Gasteiger partial charge in [0.05, 0.1) is 12.1 Å². The Bertz CT molecular complexity index is 808. The van der Waals surface area contributed by atoms with E-state index in [0.29, 0.717) is 18.2 Å². The molecule has 3 aliphatic rings. The highest BCUT2D eigenvalue weighted by Gasteiger charge is 2.41. The monoisotopic (exact) mass is 342 g/mol. The predicted octanol–water partition coefficient (Wildman–Crippen LogP) is 1.50. The molecule has 8 heteroatoms. The van der Waals surface area contributed by atoms with Crippen LogP contribution in [0.25, 0.3) is 0 Å². The lowest BCUT2D eigenvalue weighted by Crippen LogP contribution is -2.33. The van der Waals surface area contributed by atoms with Gasteiger partial charge in [-0.2, -0.15) is 10.2 Å². The normalized spacial score (nSPS) is 25.6. The van der Waals surface area contributed by atoms with Crippen molar-refractivity contribution in [3.63, 3.8) is 0 Å². The minimum Gasteiger partial charge on any atom is -0.380 e. The van der Waals surface area contributed by atoms with Crippen molar-refractivity contribution in [1.82, 2.24) is 30.3 Å². The van der Waals surface area contributed by atoms with Crippen molar-refractivity contribution in [2.75, 3.05) is 13.7 Å². The number of hydrogen-bond donors (Lipinski definition) is 2. The lowest BCUT2D eigenvalue weighted by atomic mass is 10.1. The third-order valence-electron chi connectivity index (χ3n) is 5.64. The summed E-state index contributed by atoms with van der Waals surface area (Å²) in [5, 5.41) is 14.7. The number of carbonyl (C=O) groups excluding carboxylic acids is 1. The molecular weight excluding hydrogens is 320 g/mol. The third-order valence-corrected chi connectivity index (χ3v) is 5.64. The van der Waals surface area contributed by atoms with Crippen LogP contribution in [0, 0.1) is 0 Å². The van der Waals surface area contributed by atoms with Gasteiger partial charge in [-0.15, -0.1) is 0 Å². The first-order chi connectivity index (χ1) is 12.2. The van der Waals surface area contributed by atoms with Crippen molar-refractivity contribution in [2.24, 2.45) is 0 Å². The van der Waals surface area contributed by atoms with Gasteiger partial charge in [0.25, 0.3) is 5.91 Å². The number of likely N-dealkylation sites (tertiary alicyclic amines) is 1. The molecule has 0 unspecified atom stereocenters. The Balaban J connectivity index is 1.45. The quantitative estimate of drug-likeness (QED) is 0.877. The fraction of sp³-hybridized carbons (Fsp3) is 0.647. The number of aromatic nitrogens is 5. The molecule has 1 amide bonds. The summed E-state index contributed by atoms with van der Waals surface area (Å²) >= 11 is 0. The topological polar surface area (TPSA) is 99.8 Å². The summed E-state index contributed by atoms with van der Waals surface area (Å²) in [7, 11) is 1.69. The molecule has 2 fully saturated rings. The molecule has 25 heavy (non-hydrogen) atoms. The standard InChI is InChI=1S/C17H22N6O2/c1-25-10-7-13(16-18-15(21-22-16)9-5-6-9)23(8-10)17(24)14-11-3-2-4-12(11)19-20-14/h9-10,13H,2-8H2,1H3,(H,19,20)(H,18,21,22)/t10-,13+/m1/s1. The summed E-state index contributed by atoms with van der Waals surface area (Å²) in [5.41, 5.74) is 2.76. The van der Waals surface area contributed by atoms with Crippen molar-refractivity contribution in [2.45, 2.75) is 56.6 Å². The maximum absolute atomic E-state index is 13.2. The molecule has 1 saturated carbocycles. The van der Waals surface area contributed by atoms with Crippen LogP contribution in [0.1, 0.15) is 71.0 Å². The maximum Gasteiger partial charge on any atom is 0.275 e. The summed E-state index contributed by atoms with van der Waals surface area (Å²) in [6, 6.07) is -0.133. The number of nitrogens with one attached hydrogen (secondary N) is 2. The average Bonchev–Trinajstić information content (AvgIpc) is 3.06. The number of fused-ring (bicyclic) bond motifs is 1. The smallest absolute Gasteiger partial charge is 0.275 e. The molecule has 2 aromatic rings. The molecule has 132 valence electrons. The van der Waals surface area contributed by atoms with Crippen LogP contribution in [0.4, 0.5) is 0 Å². The van der Waals surface area contributed by atoms with Crippen molar-refractivity contribution < 1.29 is 9.53 Å². The van der Waals surface area contributed by atoms with Gasteiger partial charge in [-0.1, -0.05) is 0 Å². The Labute approximate surface area is 145 Å². The Morgan fingerprint density at radius 3 is 2.92 bits per heavy atom. The van der Waals surface area contributed by atoms with E-state index in [9.17, 15) is 4.79 Å². The number of carbonyl (C=O) groups is 1. The molecule has 1 saturated heterocycles. The summed E-state index contributed by atoms with van der Waals surface area (Å²) in [5.74, 6) is 2.10. The molecule has 2 N–H and O–H groups in total. The van der Waals surface area contributed by atoms with E-state index in [2.05, 4.69) is 25.4 Å². The molecule has 2 atom stereocenters. The van der Waals surface area contributed by atoms with Crippen LogP contribution >= 0.6 is 0 Å². The Hall–Kier alpha value is -2.22. The van der Waals surface area contributed by atoms with E-state index in [1.54, 1.807) is 7.11 Å². The number of ether oxygens (including phenoxy) is 1. The van der Waals surface area contributed by atoms with E-state index in [-0.39, 0.29) is 18.1 Å². The first-order valence-corrected chi connectivity index (χ1v) is 9.06. The minimum absolute atomic E-state index is 0.00964. The summed E-state index contributed by atoms with van der Waals surface area (Å²) < 4.78 is 5.54. The van der Waals surface area contributed by atoms with Crippen LogP contribution in [0.2, 0.25) is 0 Å². The molecular formula is C17H22N6O2. The molecule has 0 aromatic carbocycles. The number of aryl methyl sites for hydroxylation is 1. The van der Waals surface area contributed by atoms with Gasteiger partial charge >= 0.3 is 0 Å². The van der Waals surface area contributed by atoms with Gasteiger partial charge in [0.1, 0.15) is 5.82 Å². The average molecular weight is 342 g/mol. The summed E-state index contributed by atoms with van der Waals surface area (Å²) in [6.07, 6.45) is 6.04.